The number of nitrogens with two attached hydrogens (primary N) is 1. The Labute approximate surface area is 139 Å². The van der Waals surface area contributed by atoms with Crippen molar-refractivity contribution < 1.29 is 4.79 Å². The summed E-state index contributed by atoms with van der Waals surface area (Å²) in [5.74, 6) is 0.412. The predicted molar refractivity (Wildman–Crippen MR) is 94.5 cm³/mol. The number of carbonyl (C=O) groups is 1. The standard InChI is InChI=1S/C19H23NO.ClH/c1-2-16(17-11-7-4-8-12-17)14-19(21)18(20)13-15-9-5-3-6-10-15;/h3-12,16,18H,2,13-14,20H2,1H3;1H/t16-,18+;/m0./s1. The van der Waals surface area contributed by atoms with E-state index in [4.69, 9.17) is 5.73 Å². The van der Waals surface area contributed by atoms with E-state index in [1.54, 1.807) is 0 Å². The topological polar surface area (TPSA) is 43.1 Å². The molecule has 0 fully saturated rings. The van der Waals surface area contributed by atoms with Gasteiger partial charge in [0.1, 0.15) is 5.78 Å². The molecule has 0 saturated heterocycles. The van der Waals surface area contributed by atoms with Gasteiger partial charge in [-0.2, -0.15) is 0 Å². The number of hydrogen-bond acceptors (Lipinski definition) is 2. The molecule has 2 rings (SSSR count). The van der Waals surface area contributed by atoms with E-state index in [0.29, 0.717) is 12.8 Å². The third-order valence-electron chi connectivity index (χ3n) is 3.92. The Morgan fingerprint density at radius 1 is 1.00 bits per heavy atom. The summed E-state index contributed by atoms with van der Waals surface area (Å²) in [5, 5.41) is 0. The Morgan fingerprint density at radius 2 is 1.55 bits per heavy atom. The van der Waals surface area contributed by atoms with Gasteiger partial charge in [-0.25, -0.2) is 0 Å². The van der Waals surface area contributed by atoms with Gasteiger partial charge >= 0.3 is 0 Å². The quantitative estimate of drug-likeness (QED) is 0.834. The van der Waals surface area contributed by atoms with Crippen LogP contribution >= 0.6 is 12.4 Å². The summed E-state index contributed by atoms with van der Waals surface area (Å²) >= 11 is 0. The van der Waals surface area contributed by atoms with Gasteiger partial charge in [0, 0.05) is 6.42 Å². The zero-order chi connectivity index (χ0) is 15.1. The molecule has 0 bridgehead atoms. The summed E-state index contributed by atoms with van der Waals surface area (Å²) in [6, 6.07) is 19.8. The Morgan fingerprint density at radius 3 is 2.09 bits per heavy atom. The van der Waals surface area contributed by atoms with Gasteiger partial charge in [0.25, 0.3) is 0 Å². The van der Waals surface area contributed by atoms with Crippen LogP contribution in [0.1, 0.15) is 36.8 Å². The Bertz CT molecular complexity index is 556. The monoisotopic (exact) mass is 317 g/mol. The second kappa shape index (κ2) is 9.39. The smallest absolute Gasteiger partial charge is 0.150 e. The van der Waals surface area contributed by atoms with Crippen molar-refractivity contribution in [2.24, 2.45) is 5.73 Å². The third-order valence-corrected chi connectivity index (χ3v) is 3.92. The van der Waals surface area contributed by atoms with Crippen molar-refractivity contribution in [1.82, 2.24) is 0 Å². The van der Waals surface area contributed by atoms with Crippen LogP contribution in [-0.4, -0.2) is 11.8 Å². The molecule has 0 radical (unpaired) electrons. The molecule has 3 heteroatoms. The highest BCUT2D eigenvalue weighted by Crippen LogP contribution is 2.24. The second-order valence-electron chi connectivity index (χ2n) is 5.48. The zero-order valence-corrected chi connectivity index (χ0v) is 13.8. The van der Waals surface area contributed by atoms with Crippen LogP contribution < -0.4 is 5.73 Å². The van der Waals surface area contributed by atoms with Crippen molar-refractivity contribution in [3.63, 3.8) is 0 Å². The van der Waals surface area contributed by atoms with Crippen LogP contribution in [0.2, 0.25) is 0 Å². The number of ketones is 1. The summed E-state index contributed by atoms with van der Waals surface area (Å²) in [5.41, 5.74) is 8.42. The molecule has 2 atom stereocenters. The van der Waals surface area contributed by atoms with Crippen LogP contribution in [0.15, 0.2) is 60.7 Å². The van der Waals surface area contributed by atoms with Gasteiger partial charge < -0.3 is 5.73 Å². The van der Waals surface area contributed by atoms with Gasteiger partial charge in [-0.3, -0.25) is 4.79 Å². The Kier molecular flexibility index (Phi) is 7.86. The van der Waals surface area contributed by atoms with E-state index in [1.165, 1.54) is 5.56 Å². The molecule has 0 unspecified atom stereocenters. The molecule has 0 aliphatic rings. The van der Waals surface area contributed by atoms with E-state index < -0.39 is 6.04 Å². The average Bonchev–Trinajstić information content (AvgIpc) is 2.54. The lowest BCUT2D eigenvalue weighted by Gasteiger charge is -2.17. The second-order valence-corrected chi connectivity index (χ2v) is 5.48. The molecule has 0 aliphatic heterocycles. The highest BCUT2D eigenvalue weighted by Gasteiger charge is 2.19. The Hall–Kier alpha value is -1.64. The summed E-state index contributed by atoms with van der Waals surface area (Å²) in [6.07, 6.45) is 2.09. The predicted octanol–water partition coefficient (Wildman–Crippen LogP) is 4.13. The molecule has 0 saturated carbocycles. The third kappa shape index (κ3) is 5.28. The summed E-state index contributed by atoms with van der Waals surface area (Å²) < 4.78 is 0. The summed E-state index contributed by atoms with van der Waals surface area (Å²) in [6.45, 7) is 2.12. The normalized spacial score (nSPS) is 13.0. The molecule has 118 valence electrons. The van der Waals surface area contributed by atoms with Crippen molar-refractivity contribution in [2.75, 3.05) is 0 Å². The SMILES string of the molecule is CC[C@@H](CC(=O)[C@H](N)Cc1ccccc1)c1ccccc1.Cl. The lowest BCUT2D eigenvalue weighted by Crippen LogP contribution is -2.33. The number of benzene rings is 2. The fourth-order valence-corrected chi connectivity index (χ4v) is 2.60. The molecule has 0 heterocycles. The minimum atomic E-state index is -0.412. The maximum atomic E-state index is 12.4. The van der Waals surface area contributed by atoms with E-state index in [0.717, 1.165) is 12.0 Å². The van der Waals surface area contributed by atoms with Crippen LogP contribution in [0.25, 0.3) is 0 Å². The van der Waals surface area contributed by atoms with Gasteiger partial charge in [0.15, 0.2) is 0 Å². The maximum absolute atomic E-state index is 12.4. The Balaban J connectivity index is 0.00000242. The van der Waals surface area contributed by atoms with E-state index in [2.05, 4.69) is 19.1 Å². The molecule has 22 heavy (non-hydrogen) atoms. The number of halogens is 1. The molecule has 0 aliphatic carbocycles. The van der Waals surface area contributed by atoms with Crippen LogP contribution in [0.5, 0.6) is 0 Å². The van der Waals surface area contributed by atoms with Crippen molar-refractivity contribution in [2.45, 2.75) is 38.1 Å². The van der Waals surface area contributed by atoms with Crippen LogP contribution in [0.3, 0.4) is 0 Å². The lowest BCUT2D eigenvalue weighted by molar-refractivity contribution is -0.120. The number of Topliss-reactive ketones (excluding diaryl/α,β-unsaturated/α-hetero) is 1. The molecule has 0 spiro atoms. The average molecular weight is 318 g/mol. The first kappa shape index (κ1) is 18.4. The number of rotatable bonds is 7. The van der Waals surface area contributed by atoms with Crippen molar-refractivity contribution in [3.8, 4) is 0 Å². The summed E-state index contributed by atoms with van der Waals surface area (Å²) in [7, 11) is 0. The van der Waals surface area contributed by atoms with Gasteiger partial charge in [-0.05, 0) is 29.9 Å². The van der Waals surface area contributed by atoms with Gasteiger partial charge in [0.2, 0.25) is 0 Å². The van der Waals surface area contributed by atoms with Crippen LogP contribution in [0.4, 0.5) is 0 Å². The largest absolute Gasteiger partial charge is 0.321 e. The van der Waals surface area contributed by atoms with Crippen LogP contribution in [-0.2, 0) is 11.2 Å². The molecule has 2 N–H and O–H groups in total. The number of carbonyl (C=O) groups excluding carboxylic acids is 1. The molecule has 0 amide bonds. The van der Waals surface area contributed by atoms with Gasteiger partial charge in [0.05, 0.1) is 6.04 Å². The van der Waals surface area contributed by atoms with Crippen molar-refractivity contribution >= 4 is 18.2 Å². The highest BCUT2D eigenvalue weighted by molar-refractivity contribution is 5.85. The van der Waals surface area contributed by atoms with E-state index in [-0.39, 0.29) is 24.1 Å². The fourth-order valence-electron chi connectivity index (χ4n) is 2.60. The fraction of sp³-hybridized carbons (Fsp3) is 0.316. The molecule has 2 aromatic rings. The van der Waals surface area contributed by atoms with E-state index in [1.807, 2.05) is 48.5 Å². The molecule has 0 aromatic heterocycles. The first-order valence-electron chi connectivity index (χ1n) is 7.58. The molecule has 2 aromatic carbocycles. The van der Waals surface area contributed by atoms with E-state index in [9.17, 15) is 4.79 Å². The van der Waals surface area contributed by atoms with Gasteiger partial charge in [-0.15, -0.1) is 12.4 Å². The van der Waals surface area contributed by atoms with Crippen molar-refractivity contribution in [3.05, 3.63) is 71.8 Å². The first-order chi connectivity index (χ1) is 10.2. The molecular weight excluding hydrogens is 294 g/mol. The summed E-state index contributed by atoms with van der Waals surface area (Å²) in [4.78, 5) is 12.4. The maximum Gasteiger partial charge on any atom is 0.150 e. The first-order valence-corrected chi connectivity index (χ1v) is 7.58. The number of hydrogen-bond donors (Lipinski definition) is 1. The van der Waals surface area contributed by atoms with Crippen molar-refractivity contribution in [1.29, 1.82) is 0 Å². The molecular formula is C19H24ClNO. The van der Waals surface area contributed by atoms with E-state index >= 15 is 0 Å². The minimum Gasteiger partial charge on any atom is -0.321 e. The highest BCUT2D eigenvalue weighted by atomic mass is 35.5. The lowest BCUT2D eigenvalue weighted by atomic mass is 9.88. The zero-order valence-electron chi connectivity index (χ0n) is 12.9. The molecule has 2 nitrogen and oxygen atoms in total. The minimum absolute atomic E-state index is 0. The van der Waals surface area contributed by atoms with Gasteiger partial charge in [-0.1, -0.05) is 67.6 Å². The van der Waals surface area contributed by atoms with Crippen LogP contribution in [0, 0.1) is 0 Å².